The van der Waals surface area contributed by atoms with Gasteiger partial charge in [0, 0.05) is 27.4 Å². The van der Waals surface area contributed by atoms with Crippen molar-refractivity contribution in [1.82, 2.24) is 5.32 Å². The number of benzene rings is 1. The second-order valence-corrected chi connectivity index (χ2v) is 7.05. The zero-order valence-corrected chi connectivity index (χ0v) is 14.5. The van der Waals surface area contributed by atoms with Gasteiger partial charge in [0.05, 0.1) is 0 Å². The Hall–Kier alpha value is -0.0600. The molecule has 1 nitrogen and oxygen atoms in total. The fourth-order valence-corrected chi connectivity index (χ4v) is 3.34. The Kier molecular flexibility index (Phi) is 6.84. The Morgan fingerprint density at radius 3 is 2.53 bits per heavy atom. The van der Waals surface area contributed by atoms with Crippen molar-refractivity contribution in [2.45, 2.75) is 44.4 Å². The lowest BCUT2D eigenvalue weighted by Crippen LogP contribution is -2.37. The van der Waals surface area contributed by atoms with E-state index in [4.69, 9.17) is 0 Å². The van der Waals surface area contributed by atoms with Gasteiger partial charge in [-0.1, -0.05) is 29.8 Å². The molecule has 19 heavy (non-hydrogen) atoms. The molecule has 1 aromatic rings. The summed E-state index contributed by atoms with van der Waals surface area (Å²) in [5.41, 5.74) is 0.719. The SMILES string of the molecule is CCC(CC)(CNC(C)c1cc(Br)ccc1F)SC. The van der Waals surface area contributed by atoms with Gasteiger partial charge in [-0.3, -0.25) is 0 Å². The molecule has 108 valence electrons. The van der Waals surface area contributed by atoms with Gasteiger partial charge in [-0.2, -0.15) is 11.8 Å². The van der Waals surface area contributed by atoms with Crippen LogP contribution in [0.2, 0.25) is 0 Å². The zero-order chi connectivity index (χ0) is 14.5. The summed E-state index contributed by atoms with van der Waals surface area (Å²) >= 11 is 5.29. The maximum Gasteiger partial charge on any atom is 0.128 e. The van der Waals surface area contributed by atoms with E-state index in [2.05, 4.69) is 41.3 Å². The van der Waals surface area contributed by atoms with E-state index in [1.165, 1.54) is 6.07 Å². The van der Waals surface area contributed by atoms with E-state index in [1.54, 1.807) is 6.07 Å². The highest BCUT2D eigenvalue weighted by molar-refractivity contribution is 9.10. The van der Waals surface area contributed by atoms with Gasteiger partial charge in [0.1, 0.15) is 5.82 Å². The van der Waals surface area contributed by atoms with Crippen LogP contribution in [0, 0.1) is 5.82 Å². The molecular formula is C15H23BrFNS. The Morgan fingerprint density at radius 2 is 2.00 bits per heavy atom. The number of halogens is 2. The first-order valence-corrected chi connectivity index (χ1v) is 8.73. The minimum absolute atomic E-state index is 0.0159. The van der Waals surface area contributed by atoms with Gasteiger partial charge in [-0.25, -0.2) is 4.39 Å². The van der Waals surface area contributed by atoms with E-state index in [9.17, 15) is 4.39 Å². The van der Waals surface area contributed by atoms with Gasteiger partial charge in [-0.15, -0.1) is 0 Å². The summed E-state index contributed by atoms with van der Waals surface area (Å²) < 4.78 is 15.0. The molecular weight excluding hydrogens is 325 g/mol. The second-order valence-electron chi connectivity index (χ2n) is 4.86. The lowest BCUT2D eigenvalue weighted by molar-refractivity contribution is 0.450. The van der Waals surface area contributed by atoms with Crippen LogP contribution in [0.3, 0.4) is 0 Å². The van der Waals surface area contributed by atoms with Crippen LogP contribution in [0.5, 0.6) is 0 Å². The molecule has 1 N–H and O–H groups in total. The maximum absolute atomic E-state index is 13.8. The highest BCUT2D eigenvalue weighted by Gasteiger charge is 2.25. The Balaban J connectivity index is 2.74. The van der Waals surface area contributed by atoms with Crippen molar-refractivity contribution >= 4 is 27.7 Å². The Morgan fingerprint density at radius 1 is 1.37 bits per heavy atom. The molecule has 0 amide bonds. The lowest BCUT2D eigenvalue weighted by Gasteiger charge is -2.31. The Labute approximate surface area is 128 Å². The van der Waals surface area contributed by atoms with Crippen LogP contribution in [0.15, 0.2) is 22.7 Å². The van der Waals surface area contributed by atoms with Crippen LogP contribution in [-0.2, 0) is 0 Å². The van der Waals surface area contributed by atoms with E-state index >= 15 is 0 Å². The minimum Gasteiger partial charge on any atom is -0.309 e. The number of hydrogen-bond acceptors (Lipinski definition) is 2. The third-order valence-corrected chi connectivity index (χ3v) is 5.96. The minimum atomic E-state index is -0.147. The first-order chi connectivity index (χ1) is 8.98. The normalized spacial score (nSPS) is 13.6. The van der Waals surface area contributed by atoms with Gasteiger partial charge in [-0.05, 0) is 44.2 Å². The molecule has 0 radical (unpaired) electrons. The lowest BCUT2D eigenvalue weighted by atomic mass is 10.0. The molecule has 1 rings (SSSR count). The fourth-order valence-electron chi connectivity index (χ4n) is 2.16. The number of thioether (sulfide) groups is 1. The van der Waals surface area contributed by atoms with Crippen LogP contribution in [0.1, 0.15) is 45.2 Å². The second kappa shape index (κ2) is 7.65. The summed E-state index contributed by atoms with van der Waals surface area (Å²) in [5, 5.41) is 3.48. The molecule has 0 aliphatic carbocycles. The first kappa shape index (κ1) is 17.0. The van der Waals surface area contributed by atoms with Gasteiger partial charge in [0.15, 0.2) is 0 Å². The average Bonchev–Trinajstić information content (AvgIpc) is 2.43. The molecule has 0 aliphatic rings. The van der Waals surface area contributed by atoms with Gasteiger partial charge in [0.2, 0.25) is 0 Å². The van der Waals surface area contributed by atoms with Crippen molar-refractivity contribution < 1.29 is 4.39 Å². The van der Waals surface area contributed by atoms with Crippen molar-refractivity contribution in [3.8, 4) is 0 Å². The highest BCUT2D eigenvalue weighted by Crippen LogP contribution is 2.30. The molecule has 0 saturated heterocycles. The van der Waals surface area contributed by atoms with Crippen molar-refractivity contribution in [1.29, 1.82) is 0 Å². The monoisotopic (exact) mass is 347 g/mol. The summed E-state index contributed by atoms with van der Waals surface area (Å²) in [6, 6.07) is 5.11. The quantitative estimate of drug-likeness (QED) is 0.730. The third kappa shape index (κ3) is 4.47. The summed E-state index contributed by atoms with van der Waals surface area (Å²) in [7, 11) is 0. The van der Waals surface area contributed by atoms with Crippen molar-refractivity contribution in [3.05, 3.63) is 34.1 Å². The third-order valence-electron chi connectivity index (χ3n) is 3.88. The average molecular weight is 348 g/mol. The van der Waals surface area contributed by atoms with Gasteiger partial charge >= 0.3 is 0 Å². The maximum atomic E-state index is 13.8. The van der Waals surface area contributed by atoms with Crippen molar-refractivity contribution in [3.63, 3.8) is 0 Å². The van der Waals surface area contributed by atoms with Crippen LogP contribution >= 0.6 is 27.7 Å². The molecule has 0 spiro atoms. The molecule has 4 heteroatoms. The predicted octanol–water partition coefficient (Wildman–Crippen LogP) is 5.16. The van der Waals surface area contributed by atoms with Crippen molar-refractivity contribution in [2.75, 3.05) is 12.8 Å². The molecule has 0 bridgehead atoms. The van der Waals surface area contributed by atoms with Gasteiger partial charge < -0.3 is 5.32 Å². The molecule has 0 aromatic heterocycles. The van der Waals surface area contributed by atoms with E-state index in [0.29, 0.717) is 0 Å². The van der Waals surface area contributed by atoms with Gasteiger partial charge in [0.25, 0.3) is 0 Å². The zero-order valence-electron chi connectivity index (χ0n) is 12.1. The number of hydrogen-bond donors (Lipinski definition) is 1. The first-order valence-electron chi connectivity index (χ1n) is 6.71. The molecule has 0 aliphatic heterocycles. The van der Waals surface area contributed by atoms with Crippen LogP contribution in [0.25, 0.3) is 0 Å². The van der Waals surface area contributed by atoms with Crippen LogP contribution < -0.4 is 5.32 Å². The summed E-state index contributed by atoms with van der Waals surface area (Å²) in [5.74, 6) is -0.147. The van der Waals surface area contributed by atoms with E-state index < -0.39 is 0 Å². The van der Waals surface area contributed by atoms with E-state index in [-0.39, 0.29) is 16.6 Å². The molecule has 1 aromatic carbocycles. The topological polar surface area (TPSA) is 12.0 Å². The van der Waals surface area contributed by atoms with E-state index in [1.807, 2.05) is 24.8 Å². The van der Waals surface area contributed by atoms with Crippen LogP contribution in [0.4, 0.5) is 4.39 Å². The fraction of sp³-hybridized carbons (Fsp3) is 0.600. The number of nitrogens with one attached hydrogen (secondary N) is 1. The molecule has 1 unspecified atom stereocenters. The predicted molar refractivity (Wildman–Crippen MR) is 87.3 cm³/mol. The summed E-state index contributed by atoms with van der Waals surface area (Å²) in [6.07, 6.45) is 4.38. The molecule has 0 fully saturated rings. The largest absolute Gasteiger partial charge is 0.309 e. The summed E-state index contributed by atoms with van der Waals surface area (Å²) in [4.78, 5) is 0. The molecule has 0 heterocycles. The van der Waals surface area contributed by atoms with Crippen molar-refractivity contribution in [2.24, 2.45) is 0 Å². The number of rotatable bonds is 7. The standard InChI is InChI=1S/C15H23BrFNS/c1-5-15(6-2,19-4)10-18-11(3)13-9-12(16)7-8-14(13)17/h7-9,11,18H,5-6,10H2,1-4H3. The van der Waals surface area contributed by atoms with Crippen LogP contribution in [-0.4, -0.2) is 17.5 Å². The summed E-state index contributed by atoms with van der Waals surface area (Å²) in [6.45, 7) is 7.34. The highest BCUT2D eigenvalue weighted by atomic mass is 79.9. The van der Waals surface area contributed by atoms with E-state index in [0.717, 1.165) is 29.4 Å². The Bertz CT molecular complexity index is 399. The molecule has 1 atom stereocenters. The smallest absolute Gasteiger partial charge is 0.128 e. The molecule has 0 saturated carbocycles.